The van der Waals surface area contributed by atoms with E-state index in [2.05, 4.69) is 0 Å². The van der Waals surface area contributed by atoms with Crippen molar-refractivity contribution in [2.75, 3.05) is 6.61 Å². The van der Waals surface area contributed by atoms with Crippen molar-refractivity contribution in [3.8, 4) is 0 Å². The lowest BCUT2D eigenvalue weighted by Crippen LogP contribution is -2.38. The average Bonchev–Trinajstić information content (AvgIpc) is 2.71. The van der Waals surface area contributed by atoms with Crippen LogP contribution in [0.1, 0.15) is 53.9 Å². The number of ketones is 2. The van der Waals surface area contributed by atoms with E-state index < -0.39 is 34.8 Å². The summed E-state index contributed by atoms with van der Waals surface area (Å²) in [5.41, 5.74) is -0.271. The molecule has 0 aromatic rings. The molecule has 0 bridgehead atoms. The van der Waals surface area contributed by atoms with Gasteiger partial charge in [0.25, 0.3) is 0 Å². The number of aliphatic hydroxyl groups is 3. The van der Waals surface area contributed by atoms with Crippen molar-refractivity contribution < 1.29 is 24.9 Å². The van der Waals surface area contributed by atoms with Gasteiger partial charge in [-0.1, -0.05) is 37.1 Å². The molecule has 0 radical (unpaired) electrons. The molecule has 1 aliphatic rings. The van der Waals surface area contributed by atoms with Crippen LogP contribution in [0.2, 0.25) is 0 Å². The zero-order valence-electron chi connectivity index (χ0n) is 15.8. The first kappa shape index (κ1) is 21.3. The van der Waals surface area contributed by atoms with Crippen LogP contribution in [0.5, 0.6) is 0 Å². The Morgan fingerprint density at radius 3 is 2.32 bits per heavy atom. The molecule has 0 aliphatic heterocycles. The maximum absolute atomic E-state index is 12.8. The topological polar surface area (TPSA) is 94.8 Å². The van der Waals surface area contributed by atoms with Crippen LogP contribution in [0.3, 0.4) is 0 Å². The van der Waals surface area contributed by atoms with Gasteiger partial charge in [0, 0.05) is 5.92 Å². The summed E-state index contributed by atoms with van der Waals surface area (Å²) in [4.78, 5) is 25.1. The van der Waals surface area contributed by atoms with E-state index in [9.17, 15) is 19.8 Å². The third kappa shape index (κ3) is 4.67. The molecule has 0 unspecified atom stereocenters. The number of allylic oxidation sites excluding steroid dienone is 4. The molecular formula is C20H30O5. The minimum atomic E-state index is -1.75. The maximum Gasteiger partial charge on any atom is 0.176 e. The Balaban J connectivity index is 3.25. The van der Waals surface area contributed by atoms with Crippen molar-refractivity contribution in [1.82, 2.24) is 0 Å². The highest BCUT2D eigenvalue weighted by Gasteiger charge is 2.54. The number of carbonyl (C=O) groups excluding carboxylic acids is 2. The highest BCUT2D eigenvalue weighted by molar-refractivity contribution is 6.24. The van der Waals surface area contributed by atoms with E-state index in [4.69, 9.17) is 5.11 Å². The van der Waals surface area contributed by atoms with Gasteiger partial charge in [-0.25, -0.2) is 0 Å². The van der Waals surface area contributed by atoms with Crippen molar-refractivity contribution in [2.45, 2.75) is 59.5 Å². The molecule has 0 aromatic heterocycles. The third-order valence-corrected chi connectivity index (χ3v) is 4.59. The van der Waals surface area contributed by atoms with E-state index in [1.54, 1.807) is 26.8 Å². The van der Waals surface area contributed by atoms with Crippen LogP contribution in [0, 0.1) is 11.8 Å². The Morgan fingerprint density at radius 1 is 1.24 bits per heavy atom. The molecule has 1 aliphatic carbocycles. The van der Waals surface area contributed by atoms with E-state index in [-0.39, 0.29) is 25.0 Å². The van der Waals surface area contributed by atoms with Crippen molar-refractivity contribution in [1.29, 1.82) is 0 Å². The molecule has 2 atom stereocenters. The first-order chi connectivity index (χ1) is 11.6. The van der Waals surface area contributed by atoms with Crippen LogP contribution < -0.4 is 0 Å². The maximum atomic E-state index is 12.8. The van der Waals surface area contributed by atoms with E-state index in [0.29, 0.717) is 6.42 Å². The quantitative estimate of drug-likeness (QED) is 0.462. The fraction of sp³-hybridized carbons (Fsp3) is 0.600. The number of hydrogen-bond acceptors (Lipinski definition) is 5. The Labute approximate surface area is 149 Å². The zero-order chi connectivity index (χ0) is 19.4. The third-order valence-electron chi connectivity index (χ3n) is 4.59. The van der Waals surface area contributed by atoms with Crippen molar-refractivity contribution in [3.05, 3.63) is 34.6 Å². The number of aliphatic hydroxyl groups excluding tert-OH is 2. The van der Waals surface area contributed by atoms with Gasteiger partial charge in [-0.15, -0.1) is 0 Å². The van der Waals surface area contributed by atoms with Crippen molar-refractivity contribution in [3.63, 3.8) is 0 Å². The second kappa shape index (κ2) is 8.59. The minimum absolute atomic E-state index is 0.0859. The molecule has 5 heteroatoms. The van der Waals surface area contributed by atoms with E-state index in [1.165, 1.54) is 0 Å². The average molecular weight is 350 g/mol. The summed E-state index contributed by atoms with van der Waals surface area (Å²) in [7, 11) is 0. The fourth-order valence-electron chi connectivity index (χ4n) is 2.97. The van der Waals surface area contributed by atoms with Gasteiger partial charge in [-0.05, 0) is 40.0 Å². The zero-order valence-corrected chi connectivity index (χ0v) is 15.8. The number of hydrogen-bond donors (Lipinski definition) is 3. The standard InChI is InChI=1S/C20H30O5/c1-12(2)8-9-15-18(23)16(17(22)13(3)4)19(24)20(15,25)10-6-7-14(5)11-21/h7-8,13,15,21,24-25H,6,9-11H2,1-5H3/b14-7+/t15-,20-/m1/s1. The molecule has 0 aromatic carbocycles. The predicted molar refractivity (Wildman–Crippen MR) is 97.1 cm³/mol. The Bertz CT molecular complexity index is 620. The molecule has 25 heavy (non-hydrogen) atoms. The number of Topliss-reactive ketones (excluding diaryl/α,β-unsaturated/α-hetero) is 2. The molecular weight excluding hydrogens is 320 g/mol. The van der Waals surface area contributed by atoms with Crippen LogP contribution in [-0.2, 0) is 9.59 Å². The SMILES string of the molecule is CC(C)=CC[C@@H]1C(=O)C(C(=O)C(C)C)=C(O)[C@@]1(O)CC/C=C(\C)CO. The number of carbonyl (C=O) groups is 2. The van der Waals surface area contributed by atoms with Gasteiger partial charge in [0.15, 0.2) is 11.6 Å². The van der Waals surface area contributed by atoms with Gasteiger partial charge in [-0.3, -0.25) is 9.59 Å². The lowest BCUT2D eigenvalue weighted by Gasteiger charge is -2.28. The second-order valence-electron chi connectivity index (χ2n) is 7.35. The van der Waals surface area contributed by atoms with Crippen LogP contribution in [-0.4, -0.2) is 39.1 Å². The lowest BCUT2D eigenvalue weighted by molar-refractivity contribution is -0.127. The van der Waals surface area contributed by atoms with Gasteiger partial charge in [0.2, 0.25) is 0 Å². The fourth-order valence-corrected chi connectivity index (χ4v) is 2.97. The van der Waals surface area contributed by atoms with E-state index in [0.717, 1.165) is 11.1 Å². The van der Waals surface area contributed by atoms with Crippen LogP contribution in [0.15, 0.2) is 34.6 Å². The summed E-state index contributed by atoms with van der Waals surface area (Å²) >= 11 is 0. The van der Waals surface area contributed by atoms with E-state index in [1.807, 2.05) is 19.9 Å². The smallest absolute Gasteiger partial charge is 0.176 e. The van der Waals surface area contributed by atoms with Crippen molar-refractivity contribution in [2.24, 2.45) is 11.8 Å². The summed E-state index contributed by atoms with van der Waals surface area (Å²) in [5.74, 6) is -2.74. The van der Waals surface area contributed by atoms with Crippen molar-refractivity contribution >= 4 is 11.6 Å². The molecule has 140 valence electrons. The Kier molecular flexibility index (Phi) is 7.32. The summed E-state index contributed by atoms with van der Waals surface area (Å²) < 4.78 is 0. The molecule has 3 N–H and O–H groups in total. The molecule has 1 rings (SSSR count). The molecule has 0 spiro atoms. The molecule has 5 nitrogen and oxygen atoms in total. The van der Waals surface area contributed by atoms with Gasteiger partial charge in [-0.2, -0.15) is 0 Å². The highest BCUT2D eigenvalue weighted by atomic mass is 16.3. The molecule has 0 heterocycles. The van der Waals surface area contributed by atoms with Gasteiger partial charge in [0.1, 0.15) is 16.9 Å². The molecule has 0 saturated carbocycles. The second-order valence-corrected chi connectivity index (χ2v) is 7.35. The van der Waals surface area contributed by atoms with Gasteiger partial charge in [0.05, 0.1) is 12.5 Å². The summed E-state index contributed by atoms with van der Waals surface area (Å²) in [6.07, 6.45) is 4.35. The van der Waals surface area contributed by atoms with Crippen LogP contribution in [0.25, 0.3) is 0 Å². The predicted octanol–water partition coefficient (Wildman–Crippen LogP) is 3.03. The Morgan fingerprint density at radius 2 is 1.84 bits per heavy atom. The summed E-state index contributed by atoms with van der Waals surface area (Å²) in [6.45, 7) is 8.77. The summed E-state index contributed by atoms with van der Waals surface area (Å²) in [5, 5.41) is 30.7. The molecule has 0 saturated heterocycles. The highest BCUT2D eigenvalue weighted by Crippen LogP contribution is 2.43. The van der Waals surface area contributed by atoms with Crippen LogP contribution >= 0.6 is 0 Å². The number of rotatable bonds is 8. The first-order valence-electron chi connectivity index (χ1n) is 8.70. The Hall–Kier alpha value is -1.72. The molecule has 0 amide bonds. The minimum Gasteiger partial charge on any atom is -0.508 e. The van der Waals surface area contributed by atoms with Crippen LogP contribution in [0.4, 0.5) is 0 Å². The summed E-state index contributed by atoms with van der Waals surface area (Å²) in [6, 6.07) is 0. The lowest BCUT2D eigenvalue weighted by atomic mass is 9.82. The largest absolute Gasteiger partial charge is 0.508 e. The van der Waals surface area contributed by atoms with Gasteiger partial charge < -0.3 is 15.3 Å². The normalized spacial score (nSPS) is 24.2. The monoisotopic (exact) mass is 350 g/mol. The first-order valence-corrected chi connectivity index (χ1v) is 8.70. The molecule has 0 fully saturated rings. The van der Waals surface area contributed by atoms with E-state index >= 15 is 0 Å². The van der Waals surface area contributed by atoms with Gasteiger partial charge >= 0.3 is 0 Å².